The number of hydrogen-bond donors (Lipinski definition) is 0. The zero-order valence-electron chi connectivity index (χ0n) is 9.46. The summed E-state index contributed by atoms with van der Waals surface area (Å²) in [5.74, 6) is 0.397. The number of rotatable bonds is 4. The Morgan fingerprint density at radius 1 is 1.47 bits per heavy atom. The molecule has 1 heterocycles. The molecule has 0 aromatic rings. The first-order valence-electron chi connectivity index (χ1n) is 6.04. The fourth-order valence-electron chi connectivity index (χ4n) is 2.80. The van der Waals surface area contributed by atoms with Gasteiger partial charge in [-0.3, -0.25) is 4.79 Å². The highest BCUT2D eigenvalue weighted by Crippen LogP contribution is 2.37. The molecular formula is C12H20O3. The zero-order chi connectivity index (χ0) is 10.7. The molecule has 0 aromatic carbocycles. The molecule has 3 nitrogen and oxygen atoms in total. The summed E-state index contributed by atoms with van der Waals surface area (Å²) in [5.41, 5.74) is -0.451. The van der Waals surface area contributed by atoms with Crippen LogP contribution in [0.3, 0.4) is 0 Å². The monoisotopic (exact) mass is 212 g/mol. The standard InChI is InChI=1S/C12H20O3/c1-2-15-12(6-3-4-7-12)11(13)10-5-8-14-9-10/h10H,2-9H2,1H3. The maximum Gasteiger partial charge on any atom is 0.170 e. The number of hydrogen-bond acceptors (Lipinski definition) is 3. The van der Waals surface area contributed by atoms with E-state index in [0.717, 1.165) is 38.7 Å². The van der Waals surface area contributed by atoms with Crippen molar-refractivity contribution in [2.45, 2.75) is 44.6 Å². The van der Waals surface area contributed by atoms with Crippen LogP contribution in [-0.2, 0) is 14.3 Å². The Balaban J connectivity index is 2.06. The first kappa shape index (κ1) is 11.1. The van der Waals surface area contributed by atoms with Crippen LogP contribution < -0.4 is 0 Å². The predicted octanol–water partition coefficient (Wildman–Crippen LogP) is 1.94. The van der Waals surface area contributed by atoms with Crippen LogP contribution in [0.15, 0.2) is 0 Å². The van der Waals surface area contributed by atoms with Crippen LogP contribution in [-0.4, -0.2) is 31.2 Å². The van der Waals surface area contributed by atoms with E-state index in [2.05, 4.69) is 0 Å². The number of ketones is 1. The molecule has 1 saturated carbocycles. The number of carbonyl (C=O) groups excluding carboxylic acids is 1. The molecule has 1 saturated heterocycles. The van der Waals surface area contributed by atoms with Gasteiger partial charge in [-0.25, -0.2) is 0 Å². The Morgan fingerprint density at radius 3 is 2.73 bits per heavy atom. The molecule has 0 amide bonds. The average molecular weight is 212 g/mol. The first-order chi connectivity index (χ1) is 7.28. The van der Waals surface area contributed by atoms with E-state index in [0.29, 0.717) is 19.0 Å². The van der Waals surface area contributed by atoms with Gasteiger partial charge in [0, 0.05) is 19.1 Å². The minimum absolute atomic E-state index is 0.0923. The molecule has 86 valence electrons. The number of ether oxygens (including phenoxy) is 2. The van der Waals surface area contributed by atoms with Gasteiger partial charge in [0.2, 0.25) is 0 Å². The lowest BCUT2D eigenvalue weighted by atomic mass is 9.86. The van der Waals surface area contributed by atoms with Crippen molar-refractivity contribution in [3.63, 3.8) is 0 Å². The van der Waals surface area contributed by atoms with Gasteiger partial charge >= 0.3 is 0 Å². The molecule has 1 atom stereocenters. The van der Waals surface area contributed by atoms with Crippen molar-refractivity contribution in [3.05, 3.63) is 0 Å². The normalized spacial score (nSPS) is 29.5. The number of Topliss-reactive ketones (excluding diaryl/α,β-unsaturated/α-hetero) is 1. The van der Waals surface area contributed by atoms with Gasteiger partial charge in [0.25, 0.3) is 0 Å². The SMILES string of the molecule is CCOC1(C(=O)C2CCOC2)CCCC1. The van der Waals surface area contributed by atoms with Crippen LogP contribution in [0, 0.1) is 5.92 Å². The van der Waals surface area contributed by atoms with E-state index in [1.54, 1.807) is 0 Å². The highest BCUT2D eigenvalue weighted by molar-refractivity contribution is 5.90. The van der Waals surface area contributed by atoms with Gasteiger partial charge in [-0.15, -0.1) is 0 Å². The molecular weight excluding hydrogens is 192 g/mol. The summed E-state index contributed by atoms with van der Waals surface area (Å²) in [6.45, 7) is 3.95. The molecule has 15 heavy (non-hydrogen) atoms. The van der Waals surface area contributed by atoms with E-state index in [1.165, 1.54) is 0 Å². The summed E-state index contributed by atoms with van der Waals surface area (Å²) in [6, 6.07) is 0. The van der Waals surface area contributed by atoms with E-state index in [4.69, 9.17) is 9.47 Å². The molecule has 1 unspecified atom stereocenters. The van der Waals surface area contributed by atoms with E-state index in [9.17, 15) is 4.79 Å². The topological polar surface area (TPSA) is 35.5 Å². The van der Waals surface area contributed by atoms with Gasteiger partial charge in [-0.2, -0.15) is 0 Å². The Morgan fingerprint density at radius 2 is 2.20 bits per heavy atom. The van der Waals surface area contributed by atoms with Crippen LogP contribution in [0.2, 0.25) is 0 Å². The van der Waals surface area contributed by atoms with Crippen LogP contribution in [0.25, 0.3) is 0 Å². The van der Waals surface area contributed by atoms with Gasteiger partial charge in [-0.1, -0.05) is 0 Å². The van der Waals surface area contributed by atoms with Crippen LogP contribution in [0.5, 0.6) is 0 Å². The van der Waals surface area contributed by atoms with Crippen molar-refractivity contribution in [3.8, 4) is 0 Å². The smallest absolute Gasteiger partial charge is 0.170 e. The minimum atomic E-state index is -0.451. The largest absolute Gasteiger partial charge is 0.381 e. The molecule has 0 N–H and O–H groups in total. The third-order valence-electron chi connectivity index (χ3n) is 3.58. The Kier molecular flexibility index (Phi) is 3.42. The van der Waals surface area contributed by atoms with Gasteiger partial charge in [0.1, 0.15) is 5.60 Å². The first-order valence-corrected chi connectivity index (χ1v) is 6.04. The molecule has 1 aliphatic heterocycles. The van der Waals surface area contributed by atoms with Crippen LogP contribution >= 0.6 is 0 Å². The van der Waals surface area contributed by atoms with Crippen molar-refractivity contribution in [2.24, 2.45) is 5.92 Å². The second-order valence-electron chi connectivity index (χ2n) is 4.56. The molecule has 1 aliphatic carbocycles. The second-order valence-corrected chi connectivity index (χ2v) is 4.56. The Hall–Kier alpha value is -0.410. The molecule has 0 radical (unpaired) electrons. The fourth-order valence-corrected chi connectivity index (χ4v) is 2.80. The maximum atomic E-state index is 12.4. The molecule has 0 spiro atoms. The summed E-state index contributed by atoms with van der Waals surface area (Å²) < 4.78 is 11.0. The summed E-state index contributed by atoms with van der Waals surface area (Å²) in [7, 11) is 0. The van der Waals surface area contributed by atoms with E-state index < -0.39 is 5.60 Å². The quantitative estimate of drug-likeness (QED) is 0.714. The van der Waals surface area contributed by atoms with Crippen molar-refractivity contribution >= 4 is 5.78 Å². The van der Waals surface area contributed by atoms with Gasteiger partial charge < -0.3 is 9.47 Å². The Labute approximate surface area is 91.1 Å². The molecule has 2 rings (SSSR count). The minimum Gasteiger partial charge on any atom is -0.381 e. The maximum absolute atomic E-state index is 12.4. The molecule has 0 aromatic heterocycles. The lowest BCUT2D eigenvalue weighted by Crippen LogP contribution is -2.43. The summed E-state index contributed by atoms with van der Waals surface area (Å²) in [6.07, 6.45) is 4.96. The van der Waals surface area contributed by atoms with Gasteiger partial charge in [0.15, 0.2) is 5.78 Å². The highest BCUT2D eigenvalue weighted by atomic mass is 16.5. The zero-order valence-corrected chi connectivity index (χ0v) is 9.46. The van der Waals surface area contributed by atoms with Gasteiger partial charge in [0.05, 0.1) is 6.61 Å². The van der Waals surface area contributed by atoms with Crippen LogP contribution in [0.4, 0.5) is 0 Å². The number of carbonyl (C=O) groups is 1. The fraction of sp³-hybridized carbons (Fsp3) is 0.917. The van der Waals surface area contributed by atoms with Crippen molar-refractivity contribution in [1.29, 1.82) is 0 Å². The molecule has 0 bridgehead atoms. The van der Waals surface area contributed by atoms with Crippen molar-refractivity contribution < 1.29 is 14.3 Å². The van der Waals surface area contributed by atoms with E-state index in [-0.39, 0.29) is 5.92 Å². The Bertz CT molecular complexity index is 225. The summed E-state index contributed by atoms with van der Waals surface area (Å²) in [5, 5.41) is 0. The predicted molar refractivity (Wildman–Crippen MR) is 56.8 cm³/mol. The van der Waals surface area contributed by atoms with E-state index >= 15 is 0 Å². The van der Waals surface area contributed by atoms with Crippen LogP contribution in [0.1, 0.15) is 39.0 Å². The molecule has 2 fully saturated rings. The second kappa shape index (κ2) is 4.62. The van der Waals surface area contributed by atoms with E-state index in [1.807, 2.05) is 6.92 Å². The lowest BCUT2D eigenvalue weighted by molar-refractivity contribution is -0.147. The third-order valence-corrected chi connectivity index (χ3v) is 3.58. The molecule has 2 aliphatic rings. The molecule has 3 heteroatoms. The van der Waals surface area contributed by atoms with Crippen molar-refractivity contribution in [1.82, 2.24) is 0 Å². The highest BCUT2D eigenvalue weighted by Gasteiger charge is 2.45. The van der Waals surface area contributed by atoms with Gasteiger partial charge in [-0.05, 0) is 39.0 Å². The summed E-state index contributed by atoms with van der Waals surface area (Å²) >= 11 is 0. The third kappa shape index (κ3) is 2.08. The summed E-state index contributed by atoms with van der Waals surface area (Å²) in [4.78, 5) is 12.4. The lowest BCUT2D eigenvalue weighted by Gasteiger charge is -2.29. The van der Waals surface area contributed by atoms with Crippen molar-refractivity contribution in [2.75, 3.05) is 19.8 Å². The average Bonchev–Trinajstić information content (AvgIpc) is 2.88.